The Balaban J connectivity index is 1.41. The van der Waals surface area contributed by atoms with Crippen LogP contribution in [0.3, 0.4) is 0 Å². The molecule has 1 saturated heterocycles. The van der Waals surface area contributed by atoms with E-state index in [1.807, 2.05) is 60.7 Å². The number of hydrogen-bond acceptors (Lipinski definition) is 8. The molecule has 4 aromatic carbocycles. The molecule has 216 valence electrons. The van der Waals surface area contributed by atoms with Gasteiger partial charge < -0.3 is 28.8 Å². The Kier molecular flexibility index (Phi) is 10.1. The third kappa shape index (κ3) is 7.69. The van der Waals surface area contributed by atoms with Crippen LogP contribution in [0.15, 0.2) is 121 Å². The number of rotatable bonds is 11. The zero-order valence-corrected chi connectivity index (χ0v) is 22.9. The lowest BCUT2D eigenvalue weighted by Gasteiger charge is -2.43. The van der Waals surface area contributed by atoms with Gasteiger partial charge >= 0.3 is 11.9 Å². The zero-order valence-electron chi connectivity index (χ0n) is 22.9. The number of aliphatic hydroxyl groups excluding tert-OH is 1. The molecular weight excluding hydrogens is 536 g/mol. The van der Waals surface area contributed by atoms with Crippen molar-refractivity contribution >= 4 is 11.9 Å². The third-order valence-corrected chi connectivity index (χ3v) is 6.82. The van der Waals surface area contributed by atoms with Crippen molar-refractivity contribution in [1.29, 1.82) is 0 Å². The second-order valence-corrected chi connectivity index (χ2v) is 9.79. The molecule has 8 heteroatoms. The molecule has 1 aliphatic rings. The van der Waals surface area contributed by atoms with E-state index in [0.717, 1.165) is 11.1 Å². The predicted molar refractivity (Wildman–Crippen MR) is 153 cm³/mol. The van der Waals surface area contributed by atoms with Crippen LogP contribution in [0.4, 0.5) is 0 Å². The third-order valence-electron chi connectivity index (χ3n) is 6.82. The van der Waals surface area contributed by atoms with Crippen LogP contribution in [0.5, 0.6) is 0 Å². The minimum Gasteiger partial charge on any atom is -0.459 e. The number of esters is 2. The van der Waals surface area contributed by atoms with E-state index in [9.17, 15) is 14.7 Å². The van der Waals surface area contributed by atoms with Gasteiger partial charge in [-0.3, -0.25) is 0 Å². The summed E-state index contributed by atoms with van der Waals surface area (Å²) >= 11 is 0. The Labute approximate surface area is 244 Å². The van der Waals surface area contributed by atoms with Crippen molar-refractivity contribution in [1.82, 2.24) is 0 Å². The van der Waals surface area contributed by atoms with E-state index in [1.165, 1.54) is 0 Å². The highest BCUT2D eigenvalue weighted by atomic mass is 16.7. The Hall–Kier alpha value is -4.34. The molecule has 1 heterocycles. The Morgan fingerprint density at radius 1 is 0.595 bits per heavy atom. The average molecular weight is 569 g/mol. The van der Waals surface area contributed by atoms with Gasteiger partial charge in [0.1, 0.15) is 24.9 Å². The van der Waals surface area contributed by atoms with Gasteiger partial charge in [-0.1, -0.05) is 97.1 Å². The van der Waals surface area contributed by atoms with Crippen molar-refractivity contribution in [2.24, 2.45) is 0 Å². The largest absolute Gasteiger partial charge is 0.459 e. The van der Waals surface area contributed by atoms with Crippen molar-refractivity contribution in [3.05, 3.63) is 144 Å². The molecule has 0 aliphatic carbocycles. The maximum atomic E-state index is 13.3. The van der Waals surface area contributed by atoms with Gasteiger partial charge in [0, 0.05) is 0 Å². The van der Waals surface area contributed by atoms with Crippen LogP contribution < -0.4 is 0 Å². The average Bonchev–Trinajstić information content (AvgIpc) is 3.05. The maximum Gasteiger partial charge on any atom is 0.338 e. The van der Waals surface area contributed by atoms with Gasteiger partial charge in [-0.05, 0) is 35.4 Å². The van der Waals surface area contributed by atoms with Crippen LogP contribution in [0.2, 0.25) is 0 Å². The quantitative estimate of drug-likeness (QED) is 0.254. The van der Waals surface area contributed by atoms with E-state index in [1.54, 1.807) is 60.7 Å². The summed E-state index contributed by atoms with van der Waals surface area (Å²) in [6.07, 6.45) is -5.58. The molecule has 0 spiro atoms. The summed E-state index contributed by atoms with van der Waals surface area (Å²) in [5.74, 6) is -1.19. The molecule has 0 bridgehead atoms. The summed E-state index contributed by atoms with van der Waals surface area (Å²) in [7, 11) is 0. The lowest BCUT2D eigenvalue weighted by atomic mass is 9.98. The normalized spacial score (nSPS) is 21.8. The Bertz CT molecular complexity index is 1400. The minimum absolute atomic E-state index is 0.152. The van der Waals surface area contributed by atoms with Crippen LogP contribution in [0, 0.1) is 0 Å². The molecular formula is C34H32O8. The summed E-state index contributed by atoms with van der Waals surface area (Å²) in [4.78, 5) is 26.0. The lowest BCUT2D eigenvalue weighted by Crippen LogP contribution is -2.61. The van der Waals surface area contributed by atoms with E-state index < -0.39 is 42.6 Å². The number of carbonyl (C=O) groups is 2. The Morgan fingerprint density at radius 2 is 1.05 bits per heavy atom. The van der Waals surface area contributed by atoms with Crippen LogP contribution in [-0.2, 0) is 36.9 Å². The number of aliphatic hydroxyl groups is 1. The van der Waals surface area contributed by atoms with Gasteiger partial charge in [-0.15, -0.1) is 0 Å². The van der Waals surface area contributed by atoms with Crippen LogP contribution in [0.1, 0.15) is 31.8 Å². The van der Waals surface area contributed by atoms with Crippen molar-refractivity contribution in [3.8, 4) is 0 Å². The SMILES string of the molecule is O=C(OC[C@H]1O[C@H](O)[C@H](OCc2ccccc2)[C@@H](OCc2ccccc2)[C@H]1OC(=O)c1ccccc1)c1ccccc1. The molecule has 1 N–H and O–H groups in total. The van der Waals surface area contributed by atoms with Gasteiger partial charge in [0.15, 0.2) is 12.4 Å². The minimum atomic E-state index is -1.46. The Morgan fingerprint density at radius 3 is 1.57 bits per heavy atom. The van der Waals surface area contributed by atoms with Gasteiger partial charge in [-0.25, -0.2) is 9.59 Å². The second kappa shape index (κ2) is 14.5. The highest BCUT2D eigenvalue weighted by molar-refractivity contribution is 5.90. The second-order valence-electron chi connectivity index (χ2n) is 9.79. The predicted octanol–water partition coefficient (Wildman–Crippen LogP) is 4.96. The van der Waals surface area contributed by atoms with Gasteiger partial charge in [0.25, 0.3) is 0 Å². The zero-order chi connectivity index (χ0) is 29.1. The first-order valence-corrected chi connectivity index (χ1v) is 13.7. The van der Waals surface area contributed by atoms with E-state index >= 15 is 0 Å². The van der Waals surface area contributed by atoms with Gasteiger partial charge in [0.2, 0.25) is 0 Å². The van der Waals surface area contributed by atoms with Crippen molar-refractivity contribution in [2.45, 2.75) is 43.9 Å². The summed E-state index contributed by atoms with van der Waals surface area (Å²) < 4.78 is 29.9. The van der Waals surface area contributed by atoms with E-state index in [2.05, 4.69) is 0 Å². The highest BCUT2D eigenvalue weighted by Gasteiger charge is 2.50. The molecule has 4 aromatic rings. The molecule has 42 heavy (non-hydrogen) atoms. The molecule has 1 aliphatic heterocycles. The van der Waals surface area contributed by atoms with Gasteiger partial charge in [0.05, 0.1) is 24.3 Å². The molecule has 0 radical (unpaired) electrons. The topological polar surface area (TPSA) is 101 Å². The molecule has 0 saturated carbocycles. The summed E-state index contributed by atoms with van der Waals surface area (Å²) in [5.41, 5.74) is 2.43. The fourth-order valence-electron chi connectivity index (χ4n) is 4.65. The first-order valence-electron chi connectivity index (χ1n) is 13.7. The van der Waals surface area contributed by atoms with Crippen LogP contribution in [0.25, 0.3) is 0 Å². The molecule has 8 nitrogen and oxygen atoms in total. The fourth-order valence-corrected chi connectivity index (χ4v) is 4.65. The maximum absolute atomic E-state index is 13.3. The fraction of sp³-hybridized carbons (Fsp3) is 0.235. The summed E-state index contributed by atoms with van der Waals surface area (Å²) in [6, 6.07) is 36.0. The summed E-state index contributed by atoms with van der Waals surface area (Å²) in [6.45, 7) is 0.0115. The summed E-state index contributed by atoms with van der Waals surface area (Å²) in [5, 5.41) is 11.1. The van der Waals surface area contributed by atoms with Crippen molar-refractivity contribution in [3.63, 3.8) is 0 Å². The van der Waals surface area contributed by atoms with E-state index in [-0.39, 0.29) is 19.8 Å². The number of hydrogen-bond donors (Lipinski definition) is 1. The smallest absolute Gasteiger partial charge is 0.338 e. The molecule has 0 aromatic heterocycles. The number of ether oxygens (including phenoxy) is 5. The lowest BCUT2D eigenvalue weighted by molar-refractivity contribution is -0.306. The monoisotopic (exact) mass is 568 g/mol. The van der Waals surface area contributed by atoms with Crippen LogP contribution in [-0.4, -0.2) is 54.4 Å². The van der Waals surface area contributed by atoms with E-state index in [0.29, 0.717) is 11.1 Å². The molecule has 5 rings (SSSR count). The molecule has 0 unspecified atom stereocenters. The molecule has 1 fully saturated rings. The molecule has 0 amide bonds. The van der Waals surface area contributed by atoms with Crippen LogP contribution >= 0.6 is 0 Å². The van der Waals surface area contributed by atoms with Crippen molar-refractivity contribution in [2.75, 3.05) is 6.61 Å². The first-order chi connectivity index (χ1) is 20.6. The number of carbonyl (C=O) groups excluding carboxylic acids is 2. The first kappa shape index (κ1) is 29.2. The van der Waals surface area contributed by atoms with Crippen molar-refractivity contribution < 1.29 is 38.4 Å². The number of benzene rings is 4. The molecule has 5 atom stereocenters. The van der Waals surface area contributed by atoms with E-state index in [4.69, 9.17) is 23.7 Å². The van der Waals surface area contributed by atoms with Gasteiger partial charge in [-0.2, -0.15) is 0 Å². The standard InChI is InChI=1S/C34H32O8/c35-32(26-17-9-3-10-18-26)40-23-28-29(42-33(36)27-19-11-4-12-20-27)30(38-21-24-13-5-1-6-14-24)31(34(37)41-28)39-22-25-15-7-2-8-16-25/h1-20,28-31,34,37H,21-23H2/t28-,29+,30+,31-,34+/m1/s1. The highest BCUT2D eigenvalue weighted by Crippen LogP contribution is 2.30.